The van der Waals surface area contributed by atoms with E-state index in [1.807, 2.05) is 11.0 Å². The largest absolute Gasteiger partial charge is 0.341 e. The number of nitriles is 1. The summed E-state index contributed by atoms with van der Waals surface area (Å²) in [5, 5.41) is 9.30. The van der Waals surface area contributed by atoms with Gasteiger partial charge in [0.15, 0.2) is 16.9 Å². The summed E-state index contributed by atoms with van der Waals surface area (Å²) in [6.07, 6.45) is 4.65. The van der Waals surface area contributed by atoms with E-state index in [0.717, 1.165) is 24.0 Å². The lowest BCUT2D eigenvalue weighted by molar-refractivity contribution is 0.496. The Morgan fingerprint density at radius 1 is 1.25 bits per heavy atom. The second-order valence-corrected chi connectivity index (χ2v) is 7.64. The second-order valence-electron chi connectivity index (χ2n) is 7.64. The Bertz CT molecular complexity index is 1400. The zero-order chi connectivity index (χ0) is 22.8. The first-order valence-electron chi connectivity index (χ1n) is 10.3. The first-order chi connectivity index (χ1) is 15.5. The molecule has 1 atom stereocenters. The van der Waals surface area contributed by atoms with Gasteiger partial charge in [0.05, 0.1) is 18.8 Å². The number of imidazole rings is 1. The molecule has 11 nitrogen and oxygen atoms in total. The first-order valence-corrected chi connectivity index (χ1v) is 10.3. The van der Waals surface area contributed by atoms with Crippen LogP contribution in [0, 0.1) is 23.2 Å². The van der Waals surface area contributed by atoms with Gasteiger partial charge in [0.2, 0.25) is 5.95 Å². The highest BCUT2D eigenvalue weighted by Crippen LogP contribution is 2.22. The van der Waals surface area contributed by atoms with E-state index in [2.05, 4.69) is 26.8 Å². The van der Waals surface area contributed by atoms with Crippen LogP contribution in [0.2, 0.25) is 0 Å². The van der Waals surface area contributed by atoms with Crippen molar-refractivity contribution in [3.63, 3.8) is 0 Å². The van der Waals surface area contributed by atoms with Gasteiger partial charge in [-0.2, -0.15) is 10.2 Å². The van der Waals surface area contributed by atoms with Gasteiger partial charge in [-0.15, -0.1) is 5.92 Å². The van der Waals surface area contributed by atoms with Crippen molar-refractivity contribution in [2.45, 2.75) is 38.9 Å². The maximum Gasteiger partial charge on any atom is 0.332 e. The third-order valence-corrected chi connectivity index (χ3v) is 5.55. The van der Waals surface area contributed by atoms with Crippen molar-refractivity contribution in [2.75, 3.05) is 18.0 Å². The first kappa shape index (κ1) is 21.3. The molecule has 3 aromatic heterocycles. The van der Waals surface area contributed by atoms with E-state index in [4.69, 9.17) is 5.73 Å². The number of aryl methyl sites for hydroxylation is 1. The van der Waals surface area contributed by atoms with Gasteiger partial charge in [-0.05, 0) is 19.8 Å². The summed E-state index contributed by atoms with van der Waals surface area (Å²) in [5.41, 5.74) is 5.95. The summed E-state index contributed by atoms with van der Waals surface area (Å²) in [5.74, 6) is 6.42. The standard InChI is InChI=1S/C21H23N9O2/c1-3-4-10-29-17-18(26-20(29)28-9-5-6-14(23)12-28)27(2)21(32)30(19(17)31)13-16-15(11-22)24-7-8-25-16/h7-8,14H,5-6,9-10,12-13,23H2,1-2H3. The molecule has 1 unspecified atom stereocenters. The molecule has 0 saturated carbocycles. The van der Waals surface area contributed by atoms with Crippen molar-refractivity contribution in [1.29, 1.82) is 5.26 Å². The topological polar surface area (TPSA) is 141 Å². The minimum absolute atomic E-state index is 0.0100. The molecule has 32 heavy (non-hydrogen) atoms. The van der Waals surface area contributed by atoms with Crippen molar-refractivity contribution in [1.82, 2.24) is 28.7 Å². The predicted octanol–water partition coefficient (Wildman–Crippen LogP) is -0.443. The van der Waals surface area contributed by atoms with Crippen LogP contribution in [-0.4, -0.2) is 47.8 Å². The number of piperidine rings is 1. The highest BCUT2D eigenvalue weighted by atomic mass is 16.2. The molecular formula is C21H23N9O2. The second kappa shape index (κ2) is 8.65. The fourth-order valence-corrected chi connectivity index (χ4v) is 3.97. The molecule has 0 aromatic carbocycles. The minimum atomic E-state index is -0.551. The molecule has 1 fully saturated rings. The lowest BCUT2D eigenvalue weighted by atomic mass is 10.1. The molecule has 1 saturated heterocycles. The number of hydrogen-bond donors (Lipinski definition) is 1. The third-order valence-electron chi connectivity index (χ3n) is 5.55. The van der Waals surface area contributed by atoms with Gasteiger partial charge in [0.1, 0.15) is 6.07 Å². The summed E-state index contributed by atoms with van der Waals surface area (Å²) < 4.78 is 4.13. The van der Waals surface area contributed by atoms with Crippen LogP contribution in [-0.2, 0) is 20.1 Å². The molecule has 0 amide bonds. The van der Waals surface area contributed by atoms with Gasteiger partial charge in [0.25, 0.3) is 5.56 Å². The number of nitrogens with zero attached hydrogens (tertiary/aromatic N) is 8. The normalized spacial score (nSPS) is 15.9. The smallest absolute Gasteiger partial charge is 0.332 e. The van der Waals surface area contributed by atoms with Crippen LogP contribution in [0.1, 0.15) is 31.2 Å². The molecule has 11 heteroatoms. The Labute approximate surface area is 183 Å². The van der Waals surface area contributed by atoms with Crippen molar-refractivity contribution in [3.05, 3.63) is 44.6 Å². The van der Waals surface area contributed by atoms with Crippen LogP contribution in [0.15, 0.2) is 22.0 Å². The summed E-state index contributed by atoms with van der Waals surface area (Å²) >= 11 is 0. The Morgan fingerprint density at radius 2 is 2.03 bits per heavy atom. The highest BCUT2D eigenvalue weighted by molar-refractivity contribution is 5.75. The summed E-state index contributed by atoms with van der Waals surface area (Å²) in [6, 6.07) is 1.95. The Morgan fingerprint density at radius 3 is 2.75 bits per heavy atom. The fourth-order valence-electron chi connectivity index (χ4n) is 3.97. The molecule has 4 heterocycles. The maximum atomic E-state index is 13.5. The Hall–Kier alpha value is -3.96. The molecular weight excluding hydrogens is 410 g/mol. The average molecular weight is 433 g/mol. The minimum Gasteiger partial charge on any atom is -0.341 e. The zero-order valence-corrected chi connectivity index (χ0v) is 17.9. The van der Waals surface area contributed by atoms with Crippen LogP contribution in [0.3, 0.4) is 0 Å². The van der Waals surface area contributed by atoms with Gasteiger partial charge in [0, 0.05) is 38.6 Å². The van der Waals surface area contributed by atoms with E-state index >= 15 is 0 Å². The van der Waals surface area contributed by atoms with Gasteiger partial charge < -0.3 is 10.6 Å². The van der Waals surface area contributed by atoms with Crippen molar-refractivity contribution in [3.8, 4) is 17.9 Å². The predicted molar refractivity (Wildman–Crippen MR) is 118 cm³/mol. The molecule has 1 aliphatic heterocycles. The van der Waals surface area contributed by atoms with Gasteiger partial charge in [-0.3, -0.25) is 23.5 Å². The lowest BCUT2D eigenvalue weighted by Crippen LogP contribution is -2.44. The van der Waals surface area contributed by atoms with Crippen LogP contribution >= 0.6 is 0 Å². The quantitative estimate of drug-likeness (QED) is 0.546. The number of anilines is 1. The number of hydrogen-bond acceptors (Lipinski definition) is 8. The van der Waals surface area contributed by atoms with Crippen LogP contribution in [0.4, 0.5) is 5.95 Å². The fraction of sp³-hybridized carbons (Fsp3) is 0.429. The number of aromatic nitrogens is 6. The van der Waals surface area contributed by atoms with E-state index in [-0.39, 0.29) is 41.7 Å². The average Bonchev–Trinajstić information content (AvgIpc) is 3.19. The van der Waals surface area contributed by atoms with Crippen LogP contribution < -0.4 is 21.9 Å². The number of rotatable bonds is 4. The summed E-state index contributed by atoms with van der Waals surface area (Å²) in [4.78, 5) is 41.4. The molecule has 4 rings (SSSR count). The van der Waals surface area contributed by atoms with E-state index < -0.39 is 11.2 Å². The summed E-state index contributed by atoms with van der Waals surface area (Å²) in [7, 11) is 1.57. The molecule has 0 aliphatic carbocycles. The molecule has 0 radical (unpaired) electrons. The zero-order valence-electron chi connectivity index (χ0n) is 17.9. The SMILES string of the molecule is CC#CCn1c(N2CCCC(N)C2)nc2c1c(=O)n(Cc1nccnc1C#N)c(=O)n2C. The van der Waals surface area contributed by atoms with E-state index in [9.17, 15) is 14.9 Å². The Balaban J connectivity index is 1.94. The van der Waals surface area contributed by atoms with E-state index in [0.29, 0.717) is 12.5 Å². The molecule has 1 aliphatic rings. The van der Waals surface area contributed by atoms with Gasteiger partial charge in [-0.25, -0.2) is 9.78 Å². The molecule has 3 aromatic rings. The van der Waals surface area contributed by atoms with Gasteiger partial charge >= 0.3 is 5.69 Å². The Kier molecular flexibility index (Phi) is 5.75. The van der Waals surface area contributed by atoms with Crippen molar-refractivity contribution < 1.29 is 0 Å². The van der Waals surface area contributed by atoms with Crippen LogP contribution in [0.5, 0.6) is 0 Å². The number of fused-ring (bicyclic) bond motifs is 1. The van der Waals surface area contributed by atoms with Crippen molar-refractivity contribution >= 4 is 17.1 Å². The highest BCUT2D eigenvalue weighted by Gasteiger charge is 2.26. The van der Waals surface area contributed by atoms with E-state index in [1.54, 1.807) is 18.5 Å². The third kappa shape index (κ3) is 3.63. The van der Waals surface area contributed by atoms with Crippen molar-refractivity contribution in [2.24, 2.45) is 12.8 Å². The van der Waals surface area contributed by atoms with Gasteiger partial charge in [-0.1, -0.05) is 5.92 Å². The van der Waals surface area contributed by atoms with E-state index in [1.165, 1.54) is 17.0 Å². The lowest BCUT2D eigenvalue weighted by Gasteiger charge is -2.31. The molecule has 2 N–H and O–H groups in total. The van der Waals surface area contributed by atoms with Crippen LogP contribution in [0.25, 0.3) is 11.2 Å². The molecule has 164 valence electrons. The molecule has 0 bridgehead atoms. The maximum absolute atomic E-state index is 13.5. The summed E-state index contributed by atoms with van der Waals surface area (Å²) in [6.45, 7) is 3.16. The molecule has 0 spiro atoms. The number of nitrogens with two attached hydrogens (primary N) is 1. The monoisotopic (exact) mass is 433 g/mol.